The standard InChI is InChI=1S/C24H21N3O7S/c1-4-34-23(30)20-13(2)25-24-26(21(20)14-5-8-17(33-3)9-6-14)22(29)19(35-24)12-15-11-16(27(31)32)7-10-18(15)28/h5-12,21,28H,4H2,1-3H3/b19-12-. The van der Waals surface area contributed by atoms with Crippen LogP contribution in [0.5, 0.6) is 11.5 Å². The fraction of sp³-hybridized carbons (Fsp3) is 0.208. The number of methoxy groups -OCH3 is 1. The van der Waals surface area contributed by atoms with E-state index in [0.29, 0.717) is 21.8 Å². The molecule has 1 aliphatic heterocycles. The topological polar surface area (TPSA) is 133 Å². The SMILES string of the molecule is CCOC(=O)C1=C(C)N=c2s/c(=C\c3cc([N+](=O)[O-])ccc3O)c(=O)n2C1c1ccc(OC)cc1. The molecule has 1 unspecified atom stereocenters. The zero-order chi connectivity index (χ0) is 25.3. The second-order valence-electron chi connectivity index (χ2n) is 7.58. The molecule has 4 rings (SSSR count). The number of nitrogens with zero attached hydrogens (tertiary/aromatic N) is 3. The molecule has 1 N–H and O–H groups in total. The van der Waals surface area contributed by atoms with E-state index in [0.717, 1.165) is 11.3 Å². The number of carbonyl (C=O) groups excluding carboxylic acids is 1. The fourth-order valence-electron chi connectivity index (χ4n) is 3.81. The molecule has 35 heavy (non-hydrogen) atoms. The van der Waals surface area contributed by atoms with Gasteiger partial charge < -0.3 is 14.6 Å². The van der Waals surface area contributed by atoms with Gasteiger partial charge in [-0.3, -0.25) is 19.5 Å². The number of ether oxygens (including phenoxy) is 2. The minimum absolute atomic E-state index is 0.117. The summed E-state index contributed by atoms with van der Waals surface area (Å²) in [6.45, 7) is 3.52. The number of aromatic hydroxyl groups is 1. The molecular formula is C24H21N3O7S. The number of rotatable bonds is 6. The van der Waals surface area contributed by atoms with E-state index in [1.807, 2.05) is 0 Å². The zero-order valence-corrected chi connectivity index (χ0v) is 19.9. The third kappa shape index (κ3) is 4.45. The summed E-state index contributed by atoms with van der Waals surface area (Å²) in [4.78, 5) is 41.8. The Bertz CT molecular complexity index is 1530. The van der Waals surface area contributed by atoms with Crippen molar-refractivity contribution in [2.24, 2.45) is 4.99 Å². The third-order valence-electron chi connectivity index (χ3n) is 5.46. The van der Waals surface area contributed by atoms with Crippen LogP contribution < -0.4 is 19.6 Å². The van der Waals surface area contributed by atoms with Gasteiger partial charge in [-0.15, -0.1) is 0 Å². The number of phenolic OH excluding ortho intramolecular Hbond substituents is 1. The van der Waals surface area contributed by atoms with Crippen molar-refractivity contribution in [3.05, 3.63) is 94.7 Å². The van der Waals surface area contributed by atoms with E-state index in [9.17, 15) is 24.8 Å². The Balaban J connectivity index is 1.95. The number of aromatic nitrogens is 1. The number of thiazole rings is 1. The summed E-state index contributed by atoms with van der Waals surface area (Å²) in [5, 5.41) is 21.4. The lowest BCUT2D eigenvalue weighted by atomic mass is 9.96. The number of hydrogen-bond acceptors (Lipinski definition) is 9. The molecule has 0 spiro atoms. The lowest BCUT2D eigenvalue weighted by Gasteiger charge is -2.24. The lowest BCUT2D eigenvalue weighted by Crippen LogP contribution is -2.39. The predicted molar refractivity (Wildman–Crippen MR) is 128 cm³/mol. The number of nitro benzene ring substituents is 1. The van der Waals surface area contributed by atoms with Gasteiger partial charge in [0.2, 0.25) is 0 Å². The molecule has 0 fully saturated rings. The van der Waals surface area contributed by atoms with Crippen LogP contribution in [0.15, 0.2) is 63.5 Å². The summed E-state index contributed by atoms with van der Waals surface area (Å²) in [5.74, 6) is -0.183. The van der Waals surface area contributed by atoms with E-state index in [2.05, 4.69) is 4.99 Å². The van der Waals surface area contributed by atoms with Gasteiger partial charge in [-0.05, 0) is 43.7 Å². The quantitative estimate of drug-likeness (QED) is 0.315. The maximum Gasteiger partial charge on any atom is 0.338 e. The molecule has 0 amide bonds. The minimum Gasteiger partial charge on any atom is -0.507 e. The van der Waals surface area contributed by atoms with Gasteiger partial charge in [0.25, 0.3) is 11.2 Å². The largest absolute Gasteiger partial charge is 0.507 e. The highest BCUT2D eigenvalue weighted by atomic mass is 32.1. The van der Waals surface area contributed by atoms with Crippen molar-refractivity contribution >= 4 is 29.1 Å². The van der Waals surface area contributed by atoms with E-state index >= 15 is 0 Å². The van der Waals surface area contributed by atoms with E-state index in [1.165, 1.54) is 36.0 Å². The average molecular weight is 496 g/mol. The van der Waals surface area contributed by atoms with Gasteiger partial charge in [0, 0.05) is 17.7 Å². The molecule has 2 heterocycles. The molecule has 2 aromatic carbocycles. The average Bonchev–Trinajstić information content (AvgIpc) is 3.14. The van der Waals surface area contributed by atoms with Crippen LogP contribution in [0.2, 0.25) is 0 Å². The molecular weight excluding hydrogens is 474 g/mol. The molecule has 10 nitrogen and oxygen atoms in total. The number of phenols is 1. The van der Waals surface area contributed by atoms with Crippen LogP contribution in [0, 0.1) is 10.1 Å². The number of carbonyl (C=O) groups is 1. The van der Waals surface area contributed by atoms with Gasteiger partial charge in [-0.25, -0.2) is 9.79 Å². The number of hydrogen-bond donors (Lipinski definition) is 1. The number of allylic oxidation sites excluding steroid dienone is 1. The zero-order valence-electron chi connectivity index (χ0n) is 19.0. The molecule has 11 heteroatoms. The maximum absolute atomic E-state index is 13.6. The van der Waals surface area contributed by atoms with Crippen LogP contribution in [0.25, 0.3) is 6.08 Å². The summed E-state index contributed by atoms with van der Waals surface area (Å²) >= 11 is 1.05. The van der Waals surface area contributed by atoms with Gasteiger partial charge in [0.1, 0.15) is 11.5 Å². The Kier molecular flexibility index (Phi) is 6.52. The molecule has 0 bridgehead atoms. The normalized spacial score (nSPS) is 15.4. The first kappa shape index (κ1) is 23.9. The van der Waals surface area contributed by atoms with Crippen molar-refractivity contribution < 1.29 is 24.3 Å². The van der Waals surface area contributed by atoms with Gasteiger partial charge in [0.15, 0.2) is 4.80 Å². The van der Waals surface area contributed by atoms with Crippen molar-refractivity contribution in [1.82, 2.24) is 4.57 Å². The summed E-state index contributed by atoms with van der Waals surface area (Å²) in [6, 6.07) is 9.71. The summed E-state index contributed by atoms with van der Waals surface area (Å²) in [6.07, 6.45) is 1.38. The van der Waals surface area contributed by atoms with Crippen molar-refractivity contribution in [3.63, 3.8) is 0 Å². The molecule has 1 aliphatic rings. The lowest BCUT2D eigenvalue weighted by molar-refractivity contribution is -0.384. The van der Waals surface area contributed by atoms with Crippen LogP contribution in [-0.4, -0.2) is 34.3 Å². The van der Waals surface area contributed by atoms with Crippen LogP contribution in [0.3, 0.4) is 0 Å². The first-order valence-electron chi connectivity index (χ1n) is 10.6. The van der Waals surface area contributed by atoms with Crippen LogP contribution >= 0.6 is 11.3 Å². The second-order valence-corrected chi connectivity index (χ2v) is 8.58. The summed E-state index contributed by atoms with van der Waals surface area (Å²) < 4.78 is 12.1. The molecule has 0 radical (unpaired) electrons. The first-order chi connectivity index (χ1) is 16.7. The highest BCUT2D eigenvalue weighted by Gasteiger charge is 2.33. The Hall–Kier alpha value is -4.25. The molecule has 1 atom stereocenters. The highest BCUT2D eigenvalue weighted by molar-refractivity contribution is 7.07. The summed E-state index contributed by atoms with van der Waals surface area (Å²) in [7, 11) is 1.54. The minimum atomic E-state index is -0.808. The van der Waals surface area contributed by atoms with Gasteiger partial charge in [-0.2, -0.15) is 0 Å². The monoisotopic (exact) mass is 495 g/mol. The van der Waals surface area contributed by atoms with Crippen LogP contribution in [0.1, 0.15) is 31.0 Å². The maximum atomic E-state index is 13.6. The van der Waals surface area contributed by atoms with E-state index in [1.54, 1.807) is 38.1 Å². The number of non-ortho nitro benzene ring substituents is 1. The molecule has 0 saturated heterocycles. The third-order valence-corrected chi connectivity index (χ3v) is 6.44. The fourth-order valence-corrected chi connectivity index (χ4v) is 4.84. The highest BCUT2D eigenvalue weighted by Crippen LogP contribution is 2.31. The predicted octanol–water partition coefficient (Wildman–Crippen LogP) is 2.42. The Morgan fingerprint density at radius 3 is 2.63 bits per heavy atom. The van der Waals surface area contributed by atoms with Crippen molar-refractivity contribution in [1.29, 1.82) is 0 Å². The Morgan fingerprint density at radius 1 is 1.29 bits per heavy atom. The molecule has 3 aromatic rings. The smallest absolute Gasteiger partial charge is 0.338 e. The van der Waals surface area contributed by atoms with E-state index in [-0.39, 0.29) is 33.7 Å². The number of nitro groups is 1. The molecule has 1 aromatic heterocycles. The summed E-state index contributed by atoms with van der Waals surface area (Å²) in [5.41, 5.74) is 0.721. The van der Waals surface area contributed by atoms with Gasteiger partial charge >= 0.3 is 5.97 Å². The Labute approximate surface area is 202 Å². The first-order valence-corrected chi connectivity index (χ1v) is 11.4. The van der Waals surface area contributed by atoms with Crippen molar-refractivity contribution in [2.45, 2.75) is 19.9 Å². The van der Waals surface area contributed by atoms with E-state index < -0.39 is 22.5 Å². The Morgan fingerprint density at radius 2 is 2.00 bits per heavy atom. The van der Waals surface area contributed by atoms with Crippen LogP contribution in [0.4, 0.5) is 5.69 Å². The van der Waals surface area contributed by atoms with Gasteiger partial charge in [0.05, 0.1) is 40.5 Å². The van der Waals surface area contributed by atoms with Crippen LogP contribution in [-0.2, 0) is 9.53 Å². The molecule has 180 valence electrons. The van der Waals surface area contributed by atoms with Gasteiger partial charge in [-0.1, -0.05) is 23.5 Å². The number of esters is 1. The molecule has 0 saturated carbocycles. The van der Waals surface area contributed by atoms with Crippen molar-refractivity contribution in [3.8, 4) is 11.5 Å². The number of fused-ring (bicyclic) bond motifs is 1. The molecule has 0 aliphatic carbocycles. The van der Waals surface area contributed by atoms with E-state index in [4.69, 9.17) is 9.47 Å². The van der Waals surface area contributed by atoms with Crippen molar-refractivity contribution in [2.75, 3.05) is 13.7 Å². The second kappa shape index (κ2) is 9.55. The number of benzene rings is 2.